The smallest absolute Gasteiger partial charge is 0.224 e. The van der Waals surface area contributed by atoms with Gasteiger partial charge in [0.05, 0.1) is 24.5 Å². The molecule has 0 radical (unpaired) electrons. The van der Waals surface area contributed by atoms with Gasteiger partial charge in [-0.1, -0.05) is 13.3 Å². The minimum atomic E-state index is -3.24. The first kappa shape index (κ1) is 17.0. The molecule has 6 nitrogen and oxygen atoms in total. The summed E-state index contributed by atoms with van der Waals surface area (Å²) in [7, 11) is -3.24. The highest BCUT2D eigenvalue weighted by atomic mass is 32.2. The van der Waals surface area contributed by atoms with Crippen molar-refractivity contribution in [3.63, 3.8) is 0 Å². The van der Waals surface area contributed by atoms with Gasteiger partial charge in [0.25, 0.3) is 0 Å². The van der Waals surface area contributed by atoms with Crippen LogP contribution in [0.1, 0.15) is 38.4 Å². The third-order valence-electron chi connectivity index (χ3n) is 3.92. The Balaban J connectivity index is 1.88. The molecule has 1 aromatic heterocycles. The van der Waals surface area contributed by atoms with Crippen LogP contribution in [0, 0.1) is 5.92 Å². The number of sulfonamides is 1. The lowest BCUT2D eigenvalue weighted by molar-refractivity contribution is -0.126. The Hall–Kier alpha value is -1.34. The largest absolute Gasteiger partial charge is 0.467 e. The molecule has 0 spiro atoms. The molecule has 7 heteroatoms. The number of unbranched alkanes of at least 4 members (excludes halogenated alkanes) is 1. The molecule has 1 saturated heterocycles. The van der Waals surface area contributed by atoms with Crippen molar-refractivity contribution in [2.75, 3.05) is 18.8 Å². The highest BCUT2D eigenvalue weighted by Gasteiger charge is 2.31. The standard InChI is InChI=1S/C15H24N2O4S/c1-2-3-10-22(19,20)17-8-4-6-13(12-17)15(18)16-11-14-7-5-9-21-14/h5,7,9,13H,2-4,6,8,10-12H2,1H3,(H,16,18)/t13-/m0/s1. The second-order valence-electron chi connectivity index (χ2n) is 5.66. The SMILES string of the molecule is CCCCS(=O)(=O)N1CCC[C@H](C(=O)NCc2ccco2)C1. The van der Waals surface area contributed by atoms with Crippen molar-refractivity contribution in [1.82, 2.24) is 9.62 Å². The second-order valence-corrected chi connectivity index (χ2v) is 7.75. The van der Waals surface area contributed by atoms with Crippen LogP contribution in [-0.2, 0) is 21.4 Å². The zero-order chi connectivity index (χ0) is 16.0. The Morgan fingerprint density at radius 2 is 2.32 bits per heavy atom. The normalized spacial score (nSPS) is 20.0. The minimum absolute atomic E-state index is 0.105. The lowest BCUT2D eigenvalue weighted by Gasteiger charge is -2.31. The number of carbonyl (C=O) groups is 1. The molecule has 1 fully saturated rings. The summed E-state index contributed by atoms with van der Waals surface area (Å²) < 4.78 is 31.1. The van der Waals surface area contributed by atoms with Gasteiger partial charge in [-0.3, -0.25) is 4.79 Å². The quantitative estimate of drug-likeness (QED) is 0.827. The van der Waals surface area contributed by atoms with E-state index in [-0.39, 0.29) is 24.1 Å². The number of rotatable bonds is 7. The molecule has 1 amide bonds. The van der Waals surface area contributed by atoms with Gasteiger partial charge in [0, 0.05) is 13.1 Å². The van der Waals surface area contributed by atoms with Gasteiger partial charge in [-0.05, 0) is 31.4 Å². The van der Waals surface area contributed by atoms with Gasteiger partial charge in [-0.15, -0.1) is 0 Å². The number of carbonyl (C=O) groups excluding carboxylic acids is 1. The maximum atomic E-state index is 12.2. The van der Waals surface area contributed by atoms with Crippen LogP contribution in [-0.4, -0.2) is 37.5 Å². The Kier molecular flexibility index (Phi) is 6.02. The fourth-order valence-electron chi connectivity index (χ4n) is 2.60. The van der Waals surface area contributed by atoms with Gasteiger partial charge in [-0.2, -0.15) is 0 Å². The van der Waals surface area contributed by atoms with E-state index in [0.29, 0.717) is 25.3 Å². The predicted octanol–water partition coefficient (Wildman–Crippen LogP) is 1.74. The first-order valence-electron chi connectivity index (χ1n) is 7.81. The molecular formula is C15H24N2O4S. The van der Waals surface area contributed by atoms with Crippen molar-refractivity contribution in [2.45, 2.75) is 39.2 Å². The highest BCUT2D eigenvalue weighted by Crippen LogP contribution is 2.20. The molecule has 1 aromatic rings. The molecule has 0 saturated carbocycles. The summed E-state index contributed by atoms with van der Waals surface area (Å²) in [4.78, 5) is 12.2. The molecule has 22 heavy (non-hydrogen) atoms. The second kappa shape index (κ2) is 7.78. The molecule has 1 aliphatic rings. The van der Waals surface area contributed by atoms with Crippen LogP contribution in [0.3, 0.4) is 0 Å². The van der Waals surface area contributed by atoms with E-state index in [9.17, 15) is 13.2 Å². The number of amides is 1. The number of nitrogens with one attached hydrogen (secondary N) is 1. The van der Waals surface area contributed by atoms with Crippen molar-refractivity contribution < 1.29 is 17.6 Å². The van der Waals surface area contributed by atoms with Crippen LogP contribution < -0.4 is 5.32 Å². The third kappa shape index (κ3) is 4.58. The summed E-state index contributed by atoms with van der Waals surface area (Å²) in [5.74, 6) is 0.480. The number of piperidine rings is 1. The Morgan fingerprint density at radius 3 is 3.00 bits per heavy atom. The molecule has 0 bridgehead atoms. The summed E-state index contributed by atoms with van der Waals surface area (Å²) in [6.07, 6.45) is 4.52. The Bertz CT molecular complexity index is 568. The van der Waals surface area contributed by atoms with Crippen molar-refractivity contribution in [1.29, 1.82) is 0 Å². The molecule has 1 atom stereocenters. The van der Waals surface area contributed by atoms with Gasteiger partial charge in [0.1, 0.15) is 5.76 Å². The highest BCUT2D eigenvalue weighted by molar-refractivity contribution is 7.89. The first-order chi connectivity index (χ1) is 10.5. The summed E-state index contributed by atoms with van der Waals surface area (Å²) in [5, 5.41) is 2.82. The summed E-state index contributed by atoms with van der Waals surface area (Å²) in [6.45, 7) is 3.12. The average Bonchev–Trinajstić information content (AvgIpc) is 3.04. The first-order valence-corrected chi connectivity index (χ1v) is 9.41. The van der Waals surface area contributed by atoms with Gasteiger partial charge < -0.3 is 9.73 Å². The van der Waals surface area contributed by atoms with Gasteiger partial charge >= 0.3 is 0 Å². The predicted molar refractivity (Wildman–Crippen MR) is 83.5 cm³/mol. The fraction of sp³-hybridized carbons (Fsp3) is 0.667. The molecule has 1 aliphatic heterocycles. The van der Waals surface area contributed by atoms with E-state index in [1.807, 2.05) is 6.92 Å². The van der Waals surface area contributed by atoms with Gasteiger partial charge in [0.2, 0.25) is 15.9 Å². The lowest BCUT2D eigenvalue weighted by atomic mass is 9.99. The minimum Gasteiger partial charge on any atom is -0.467 e. The molecule has 0 unspecified atom stereocenters. The van der Waals surface area contributed by atoms with Gasteiger partial charge in [0.15, 0.2) is 0 Å². The topological polar surface area (TPSA) is 79.6 Å². The van der Waals surface area contributed by atoms with Crippen LogP contribution in [0.4, 0.5) is 0 Å². The van der Waals surface area contributed by atoms with E-state index in [4.69, 9.17) is 4.42 Å². The van der Waals surface area contributed by atoms with Crippen LogP contribution >= 0.6 is 0 Å². The fourth-order valence-corrected chi connectivity index (χ4v) is 4.32. The maximum Gasteiger partial charge on any atom is 0.224 e. The van der Waals surface area contributed by atoms with E-state index >= 15 is 0 Å². The van der Waals surface area contributed by atoms with E-state index in [0.717, 1.165) is 19.3 Å². The molecule has 2 rings (SSSR count). The Labute approximate surface area is 131 Å². The molecule has 0 aliphatic carbocycles. The van der Waals surface area contributed by atoms with Crippen LogP contribution in [0.2, 0.25) is 0 Å². The third-order valence-corrected chi connectivity index (χ3v) is 5.84. The lowest BCUT2D eigenvalue weighted by Crippen LogP contribution is -2.45. The Morgan fingerprint density at radius 1 is 1.50 bits per heavy atom. The van der Waals surface area contributed by atoms with Crippen LogP contribution in [0.15, 0.2) is 22.8 Å². The summed E-state index contributed by atoms with van der Waals surface area (Å²) >= 11 is 0. The number of furan rings is 1. The van der Waals surface area contributed by atoms with E-state index in [1.54, 1.807) is 18.4 Å². The average molecular weight is 328 g/mol. The van der Waals surface area contributed by atoms with Crippen LogP contribution in [0.25, 0.3) is 0 Å². The number of hydrogen-bond acceptors (Lipinski definition) is 4. The van der Waals surface area contributed by atoms with E-state index in [1.165, 1.54) is 4.31 Å². The van der Waals surface area contributed by atoms with Crippen molar-refractivity contribution in [2.24, 2.45) is 5.92 Å². The molecule has 1 N–H and O–H groups in total. The molecular weight excluding hydrogens is 304 g/mol. The van der Waals surface area contributed by atoms with E-state index < -0.39 is 10.0 Å². The summed E-state index contributed by atoms with van der Waals surface area (Å²) in [6, 6.07) is 3.56. The molecule has 124 valence electrons. The molecule has 2 heterocycles. The van der Waals surface area contributed by atoms with Crippen molar-refractivity contribution in [3.8, 4) is 0 Å². The number of nitrogens with zero attached hydrogens (tertiary/aromatic N) is 1. The maximum absolute atomic E-state index is 12.2. The zero-order valence-corrected chi connectivity index (χ0v) is 13.8. The van der Waals surface area contributed by atoms with Crippen LogP contribution in [0.5, 0.6) is 0 Å². The van der Waals surface area contributed by atoms with Crippen molar-refractivity contribution in [3.05, 3.63) is 24.2 Å². The van der Waals surface area contributed by atoms with Crippen molar-refractivity contribution >= 4 is 15.9 Å². The van der Waals surface area contributed by atoms with Gasteiger partial charge in [-0.25, -0.2) is 12.7 Å². The zero-order valence-electron chi connectivity index (χ0n) is 13.0. The van der Waals surface area contributed by atoms with E-state index in [2.05, 4.69) is 5.32 Å². The molecule has 0 aromatic carbocycles. The summed E-state index contributed by atoms with van der Waals surface area (Å²) in [5.41, 5.74) is 0. The number of hydrogen-bond donors (Lipinski definition) is 1. The monoisotopic (exact) mass is 328 g/mol.